The fourth-order valence-corrected chi connectivity index (χ4v) is 1.31. The molecule has 4 nitrogen and oxygen atoms in total. The topological polar surface area (TPSA) is 58.0 Å². The normalized spacial score (nSPS) is 12.9. The number of nitrogens with one attached hydrogen (secondary N) is 1. The Kier molecular flexibility index (Phi) is 4.29. The van der Waals surface area contributed by atoms with Crippen molar-refractivity contribution in [3.8, 4) is 0 Å². The van der Waals surface area contributed by atoms with E-state index in [1.807, 2.05) is 20.8 Å². The predicted molar refractivity (Wildman–Crippen MR) is 61.1 cm³/mol. The van der Waals surface area contributed by atoms with Crippen molar-refractivity contribution in [2.75, 3.05) is 11.9 Å². The summed E-state index contributed by atoms with van der Waals surface area (Å²) in [4.78, 5) is 7.96. The van der Waals surface area contributed by atoms with Crippen LogP contribution in [0.5, 0.6) is 0 Å². The van der Waals surface area contributed by atoms with Gasteiger partial charge < -0.3 is 10.4 Å². The number of nitrogens with zero attached hydrogens (tertiary/aromatic N) is 2. The monoisotopic (exact) mass is 229 g/mol. The summed E-state index contributed by atoms with van der Waals surface area (Å²) in [5.41, 5.74) is 0.804. The zero-order chi connectivity index (χ0) is 11.4. The predicted octanol–water partition coefficient (Wildman–Crippen LogP) is 1.87. The van der Waals surface area contributed by atoms with E-state index in [4.69, 9.17) is 11.6 Å². The summed E-state index contributed by atoms with van der Waals surface area (Å²) in [5, 5.41) is 12.8. The molecular formula is C10H16ClN3O. The van der Waals surface area contributed by atoms with Crippen molar-refractivity contribution in [1.82, 2.24) is 9.97 Å². The van der Waals surface area contributed by atoms with Gasteiger partial charge in [0.1, 0.15) is 17.3 Å². The third-order valence-electron chi connectivity index (χ3n) is 2.35. The first-order valence-corrected chi connectivity index (χ1v) is 5.28. The minimum absolute atomic E-state index is 0.0188. The molecule has 0 aliphatic heterocycles. The lowest BCUT2D eigenvalue weighted by molar-refractivity contribution is 0.249. The molecule has 15 heavy (non-hydrogen) atoms. The van der Waals surface area contributed by atoms with Gasteiger partial charge in [-0.2, -0.15) is 0 Å². The number of hydrogen-bond acceptors (Lipinski definition) is 4. The first-order valence-electron chi connectivity index (χ1n) is 4.90. The largest absolute Gasteiger partial charge is 0.394 e. The van der Waals surface area contributed by atoms with Crippen molar-refractivity contribution in [2.24, 2.45) is 5.92 Å². The highest BCUT2D eigenvalue weighted by molar-refractivity contribution is 6.30. The Morgan fingerprint density at radius 1 is 1.47 bits per heavy atom. The lowest BCUT2D eigenvalue weighted by Gasteiger charge is -2.21. The molecule has 5 heteroatoms. The molecule has 1 aromatic heterocycles. The van der Waals surface area contributed by atoms with E-state index in [-0.39, 0.29) is 12.6 Å². The van der Waals surface area contributed by atoms with Crippen molar-refractivity contribution in [2.45, 2.75) is 26.8 Å². The van der Waals surface area contributed by atoms with Gasteiger partial charge in [-0.3, -0.25) is 0 Å². The summed E-state index contributed by atoms with van der Waals surface area (Å²) in [5.74, 6) is 1.01. The molecule has 0 aliphatic carbocycles. The van der Waals surface area contributed by atoms with Crippen molar-refractivity contribution in [3.63, 3.8) is 0 Å². The summed E-state index contributed by atoms with van der Waals surface area (Å²) < 4.78 is 0. The van der Waals surface area contributed by atoms with E-state index in [1.165, 1.54) is 6.33 Å². The highest BCUT2D eigenvalue weighted by atomic mass is 35.5. The highest BCUT2D eigenvalue weighted by Gasteiger charge is 2.14. The third-order valence-corrected chi connectivity index (χ3v) is 2.73. The Labute approximate surface area is 94.7 Å². The van der Waals surface area contributed by atoms with Gasteiger partial charge in [-0.15, -0.1) is 0 Å². The second-order valence-corrected chi connectivity index (χ2v) is 4.17. The Balaban J connectivity index is 2.84. The Bertz CT molecular complexity index is 330. The van der Waals surface area contributed by atoms with Crippen LogP contribution in [0, 0.1) is 12.8 Å². The standard InChI is InChI=1S/C10H16ClN3O/c1-6(2)8(4-15)14-10-7(3)9(11)12-5-13-10/h5-6,8,15H,4H2,1-3H3,(H,12,13,14)/t8-/m1/s1. The highest BCUT2D eigenvalue weighted by Crippen LogP contribution is 2.19. The van der Waals surface area contributed by atoms with Crippen molar-refractivity contribution < 1.29 is 5.11 Å². The molecule has 1 atom stereocenters. The van der Waals surface area contributed by atoms with Gasteiger partial charge in [0.25, 0.3) is 0 Å². The van der Waals surface area contributed by atoms with Crippen LogP contribution in [0.25, 0.3) is 0 Å². The number of aliphatic hydroxyl groups is 1. The molecular weight excluding hydrogens is 214 g/mol. The van der Waals surface area contributed by atoms with Crippen LogP contribution in [0.3, 0.4) is 0 Å². The minimum atomic E-state index is -0.0188. The number of aliphatic hydroxyl groups excluding tert-OH is 1. The van der Waals surface area contributed by atoms with Crippen molar-refractivity contribution >= 4 is 17.4 Å². The molecule has 0 bridgehead atoms. The summed E-state index contributed by atoms with van der Waals surface area (Å²) in [6.45, 7) is 5.98. The smallest absolute Gasteiger partial charge is 0.137 e. The van der Waals surface area contributed by atoms with Crippen LogP contribution in [0.2, 0.25) is 5.15 Å². The van der Waals surface area contributed by atoms with Gasteiger partial charge in [-0.05, 0) is 12.8 Å². The van der Waals surface area contributed by atoms with E-state index in [9.17, 15) is 5.11 Å². The van der Waals surface area contributed by atoms with Gasteiger partial charge in [0.2, 0.25) is 0 Å². The molecule has 2 N–H and O–H groups in total. The molecule has 0 amide bonds. The van der Waals surface area contributed by atoms with Gasteiger partial charge in [0.05, 0.1) is 12.6 Å². The average Bonchev–Trinajstić information content (AvgIpc) is 2.19. The number of rotatable bonds is 4. The first-order chi connectivity index (χ1) is 7.06. The van der Waals surface area contributed by atoms with Crippen LogP contribution in [0.1, 0.15) is 19.4 Å². The Morgan fingerprint density at radius 3 is 2.67 bits per heavy atom. The van der Waals surface area contributed by atoms with Crippen molar-refractivity contribution in [1.29, 1.82) is 0 Å². The van der Waals surface area contributed by atoms with E-state index >= 15 is 0 Å². The van der Waals surface area contributed by atoms with Crippen LogP contribution in [-0.4, -0.2) is 27.7 Å². The molecule has 0 aromatic carbocycles. The molecule has 0 radical (unpaired) electrons. The molecule has 1 rings (SSSR count). The molecule has 0 spiro atoms. The molecule has 1 heterocycles. The maximum atomic E-state index is 9.18. The summed E-state index contributed by atoms with van der Waals surface area (Å²) in [6, 6.07) is -0.0188. The minimum Gasteiger partial charge on any atom is -0.394 e. The molecule has 0 saturated carbocycles. The number of halogens is 1. The van der Waals surface area contributed by atoms with Crippen LogP contribution >= 0.6 is 11.6 Å². The van der Waals surface area contributed by atoms with E-state index in [2.05, 4.69) is 15.3 Å². The summed E-state index contributed by atoms with van der Waals surface area (Å²) in [7, 11) is 0. The second kappa shape index (κ2) is 5.28. The lowest BCUT2D eigenvalue weighted by Crippen LogP contribution is -2.30. The van der Waals surface area contributed by atoms with Gasteiger partial charge in [0, 0.05) is 5.56 Å². The molecule has 0 aliphatic rings. The number of anilines is 1. The molecule has 1 aromatic rings. The molecule has 0 unspecified atom stereocenters. The van der Waals surface area contributed by atoms with Gasteiger partial charge in [-0.25, -0.2) is 9.97 Å². The van der Waals surface area contributed by atoms with Gasteiger partial charge in [-0.1, -0.05) is 25.4 Å². The zero-order valence-electron chi connectivity index (χ0n) is 9.16. The lowest BCUT2D eigenvalue weighted by atomic mass is 10.1. The SMILES string of the molecule is Cc1c(Cl)ncnc1N[C@H](CO)C(C)C. The van der Waals surface area contributed by atoms with E-state index in [0.717, 1.165) is 5.56 Å². The van der Waals surface area contributed by atoms with Gasteiger partial charge >= 0.3 is 0 Å². The Morgan fingerprint density at radius 2 is 2.13 bits per heavy atom. The molecule has 84 valence electrons. The fourth-order valence-electron chi connectivity index (χ4n) is 1.17. The second-order valence-electron chi connectivity index (χ2n) is 3.82. The third kappa shape index (κ3) is 3.04. The van der Waals surface area contributed by atoms with Crippen LogP contribution in [0.4, 0.5) is 5.82 Å². The molecule has 0 fully saturated rings. The van der Waals surface area contributed by atoms with Crippen molar-refractivity contribution in [3.05, 3.63) is 17.0 Å². The average molecular weight is 230 g/mol. The van der Waals surface area contributed by atoms with Crippen LogP contribution in [-0.2, 0) is 0 Å². The molecule has 0 saturated heterocycles. The Hall–Kier alpha value is -0.870. The van der Waals surface area contributed by atoms with E-state index in [1.54, 1.807) is 0 Å². The van der Waals surface area contributed by atoms with E-state index < -0.39 is 0 Å². The quantitative estimate of drug-likeness (QED) is 0.774. The first kappa shape index (κ1) is 12.2. The van der Waals surface area contributed by atoms with Crippen LogP contribution in [0.15, 0.2) is 6.33 Å². The van der Waals surface area contributed by atoms with Gasteiger partial charge in [0.15, 0.2) is 0 Å². The number of hydrogen-bond donors (Lipinski definition) is 2. The summed E-state index contributed by atoms with van der Waals surface area (Å²) >= 11 is 5.87. The number of aromatic nitrogens is 2. The van der Waals surface area contributed by atoms with E-state index in [0.29, 0.717) is 16.9 Å². The zero-order valence-corrected chi connectivity index (χ0v) is 9.91. The maximum absolute atomic E-state index is 9.18. The summed E-state index contributed by atoms with van der Waals surface area (Å²) in [6.07, 6.45) is 1.41. The van der Waals surface area contributed by atoms with Crippen LogP contribution < -0.4 is 5.32 Å². The fraction of sp³-hybridized carbons (Fsp3) is 0.600. The maximum Gasteiger partial charge on any atom is 0.137 e.